The number of hydrogen-bond acceptors (Lipinski definition) is 4. The van der Waals surface area contributed by atoms with Gasteiger partial charge in [-0.25, -0.2) is 4.79 Å². The topological polar surface area (TPSA) is 73.6 Å². The van der Waals surface area contributed by atoms with Crippen molar-refractivity contribution in [3.05, 3.63) is 0 Å². The first-order chi connectivity index (χ1) is 6.74. The van der Waals surface area contributed by atoms with Crippen molar-refractivity contribution in [1.29, 1.82) is 0 Å². The molecule has 0 bridgehead atoms. The minimum Gasteiger partial charge on any atom is -0.450 e. The number of alkyl carbamates (subject to hydrolysis) is 1. The Hall–Kier alpha value is -0.810. The van der Waals surface area contributed by atoms with Gasteiger partial charge in [-0.05, 0) is 6.42 Å². The van der Waals surface area contributed by atoms with E-state index in [1.54, 1.807) is 0 Å². The van der Waals surface area contributed by atoms with Gasteiger partial charge in [-0.1, -0.05) is 13.3 Å². The average molecular weight is 202 g/mol. The SMILES string of the molecule is CCCCOC(=O)N[C@H]1COC[C@H]1N. The lowest BCUT2D eigenvalue weighted by molar-refractivity contribution is 0.137. The summed E-state index contributed by atoms with van der Waals surface area (Å²) >= 11 is 0. The minimum atomic E-state index is -0.399. The zero-order chi connectivity index (χ0) is 10.4. The molecule has 3 N–H and O–H groups in total. The highest BCUT2D eigenvalue weighted by atomic mass is 16.5. The van der Waals surface area contributed by atoms with Crippen LogP contribution >= 0.6 is 0 Å². The van der Waals surface area contributed by atoms with E-state index in [4.69, 9.17) is 15.2 Å². The first-order valence-electron chi connectivity index (χ1n) is 5.00. The van der Waals surface area contributed by atoms with Gasteiger partial charge in [-0.3, -0.25) is 0 Å². The summed E-state index contributed by atoms with van der Waals surface area (Å²) in [5.41, 5.74) is 5.69. The van der Waals surface area contributed by atoms with Crippen molar-refractivity contribution in [3.8, 4) is 0 Å². The molecule has 0 unspecified atom stereocenters. The fourth-order valence-corrected chi connectivity index (χ4v) is 1.22. The molecule has 0 aromatic carbocycles. The third-order valence-electron chi connectivity index (χ3n) is 2.16. The normalized spacial score (nSPS) is 26.1. The average Bonchev–Trinajstić information content (AvgIpc) is 2.52. The predicted molar refractivity (Wildman–Crippen MR) is 52.0 cm³/mol. The third-order valence-corrected chi connectivity index (χ3v) is 2.16. The van der Waals surface area contributed by atoms with Gasteiger partial charge in [0.05, 0.1) is 31.9 Å². The van der Waals surface area contributed by atoms with Crippen molar-refractivity contribution in [3.63, 3.8) is 0 Å². The maximum atomic E-state index is 11.2. The minimum absolute atomic E-state index is 0.107. The molecule has 2 atom stereocenters. The zero-order valence-corrected chi connectivity index (χ0v) is 8.49. The smallest absolute Gasteiger partial charge is 0.407 e. The molecule has 0 aromatic rings. The van der Waals surface area contributed by atoms with Gasteiger partial charge in [0.25, 0.3) is 0 Å². The van der Waals surface area contributed by atoms with E-state index in [1.165, 1.54) is 0 Å². The lowest BCUT2D eigenvalue weighted by Gasteiger charge is -2.14. The molecule has 1 aliphatic rings. The van der Waals surface area contributed by atoms with Crippen LogP contribution < -0.4 is 11.1 Å². The molecule has 1 fully saturated rings. The molecule has 1 amide bonds. The van der Waals surface area contributed by atoms with Gasteiger partial charge in [0, 0.05) is 0 Å². The standard InChI is InChI=1S/C9H18N2O3/c1-2-3-4-14-9(12)11-8-6-13-5-7(8)10/h7-8H,2-6,10H2,1H3,(H,11,12)/t7-,8+/m1/s1. The van der Waals surface area contributed by atoms with Gasteiger partial charge in [0.15, 0.2) is 0 Å². The lowest BCUT2D eigenvalue weighted by atomic mass is 10.2. The second-order valence-corrected chi connectivity index (χ2v) is 3.44. The number of carbonyl (C=O) groups is 1. The van der Waals surface area contributed by atoms with Crippen molar-refractivity contribution in [2.24, 2.45) is 5.73 Å². The highest BCUT2D eigenvalue weighted by molar-refractivity contribution is 5.67. The molecular weight excluding hydrogens is 184 g/mol. The van der Waals surface area contributed by atoms with E-state index < -0.39 is 6.09 Å². The number of hydrogen-bond donors (Lipinski definition) is 2. The van der Waals surface area contributed by atoms with E-state index in [2.05, 4.69) is 5.32 Å². The van der Waals surface area contributed by atoms with Gasteiger partial charge >= 0.3 is 6.09 Å². The Morgan fingerprint density at radius 3 is 3.00 bits per heavy atom. The van der Waals surface area contributed by atoms with Crippen LogP contribution in [0.3, 0.4) is 0 Å². The van der Waals surface area contributed by atoms with E-state index >= 15 is 0 Å². The second-order valence-electron chi connectivity index (χ2n) is 3.44. The summed E-state index contributed by atoms with van der Waals surface area (Å²) in [6.45, 7) is 3.48. The lowest BCUT2D eigenvalue weighted by Crippen LogP contribution is -2.46. The van der Waals surface area contributed by atoms with E-state index in [0.29, 0.717) is 19.8 Å². The zero-order valence-electron chi connectivity index (χ0n) is 8.49. The number of ether oxygens (including phenoxy) is 2. The van der Waals surface area contributed by atoms with Crippen molar-refractivity contribution in [2.75, 3.05) is 19.8 Å². The van der Waals surface area contributed by atoms with Crippen molar-refractivity contribution < 1.29 is 14.3 Å². The van der Waals surface area contributed by atoms with Crippen molar-refractivity contribution >= 4 is 6.09 Å². The van der Waals surface area contributed by atoms with Gasteiger partial charge < -0.3 is 20.5 Å². The Kier molecular flexibility index (Phi) is 4.69. The molecule has 5 heteroatoms. The summed E-state index contributed by atoms with van der Waals surface area (Å²) in [4.78, 5) is 11.2. The van der Waals surface area contributed by atoms with E-state index in [-0.39, 0.29) is 12.1 Å². The molecule has 1 aliphatic heterocycles. The maximum Gasteiger partial charge on any atom is 0.407 e. The molecule has 0 aliphatic carbocycles. The first kappa shape index (κ1) is 11.3. The summed E-state index contributed by atoms with van der Waals surface area (Å²) in [6, 6.07) is -0.224. The molecule has 14 heavy (non-hydrogen) atoms. The van der Waals surface area contributed by atoms with Crippen LogP contribution in [0, 0.1) is 0 Å². The van der Waals surface area contributed by atoms with Crippen LogP contribution in [-0.2, 0) is 9.47 Å². The summed E-state index contributed by atoms with van der Waals surface area (Å²) in [6.07, 6.45) is 1.50. The van der Waals surface area contributed by atoms with E-state index in [9.17, 15) is 4.79 Å². The summed E-state index contributed by atoms with van der Waals surface area (Å²) in [5, 5.41) is 2.68. The molecule has 0 saturated carbocycles. The number of rotatable bonds is 4. The summed E-state index contributed by atoms with van der Waals surface area (Å²) < 4.78 is 10.0. The van der Waals surface area contributed by atoms with Crippen LogP contribution in [0.15, 0.2) is 0 Å². The fourth-order valence-electron chi connectivity index (χ4n) is 1.22. The predicted octanol–water partition coefficient (Wildman–Crippen LogP) is 0.239. The van der Waals surface area contributed by atoms with Crippen LogP contribution in [0.1, 0.15) is 19.8 Å². The fraction of sp³-hybridized carbons (Fsp3) is 0.889. The number of amides is 1. The molecule has 0 radical (unpaired) electrons. The van der Waals surface area contributed by atoms with Crippen molar-refractivity contribution in [2.45, 2.75) is 31.8 Å². The van der Waals surface area contributed by atoms with Gasteiger partial charge in [0.2, 0.25) is 0 Å². The number of nitrogens with two attached hydrogens (primary N) is 1. The Morgan fingerprint density at radius 1 is 1.64 bits per heavy atom. The van der Waals surface area contributed by atoms with Crippen LogP contribution in [0.25, 0.3) is 0 Å². The monoisotopic (exact) mass is 202 g/mol. The van der Waals surface area contributed by atoms with Crippen LogP contribution in [0.5, 0.6) is 0 Å². The second kappa shape index (κ2) is 5.82. The van der Waals surface area contributed by atoms with Crippen molar-refractivity contribution in [1.82, 2.24) is 5.32 Å². The Labute approximate surface area is 83.9 Å². The van der Waals surface area contributed by atoms with Crippen LogP contribution in [0.4, 0.5) is 4.79 Å². The van der Waals surface area contributed by atoms with Gasteiger partial charge in [-0.2, -0.15) is 0 Å². The third kappa shape index (κ3) is 3.51. The molecular formula is C9H18N2O3. The summed E-state index contributed by atoms with van der Waals surface area (Å²) in [5.74, 6) is 0. The highest BCUT2D eigenvalue weighted by Gasteiger charge is 2.26. The quantitative estimate of drug-likeness (QED) is 0.640. The number of unbranched alkanes of at least 4 members (excludes halogenated alkanes) is 1. The van der Waals surface area contributed by atoms with Crippen LogP contribution in [0.2, 0.25) is 0 Å². The molecule has 0 spiro atoms. The molecule has 1 saturated heterocycles. The Morgan fingerprint density at radius 2 is 2.43 bits per heavy atom. The highest BCUT2D eigenvalue weighted by Crippen LogP contribution is 2.02. The largest absolute Gasteiger partial charge is 0.450 e. The maximum absolute atomic E-state index is 11.2. The van der Waals surface area contributed by atoms with E-state index in [1.807, 2.05) is 6.92 Å². The van der Waals surface area contributed by atoms with Gasteiger partial charge in [-0.15, -0.1) is 0 Å². The molecule has 1 rings (SSSR count). The molecule has 82 valence electrons. The number of nitrogens with one attached hydrogen (secondary N) is 1. The van der Waals surface area contributed by atoms with Crippen LogP contribution in [-0.4, -0.2) is 38.0 Å². The Bertz CT molecular complexity index is 187. The molecule has 0 aromatic heterocycles. The number of carbonyl (C=O) groups excluding carboxylic acids is 1. The molecule has 5 nitrogen and oxygen atoms in total. The summed E-state index contributed by atoms with van der Waals surface area (Å²) in [7, 11) is 0. The van der Waals surface area contributed by atoms with Gasteiger partial charge in [0.1, 0.15) is 0 Å². The van der Waals surface area contributed by atoms with E-state index in [0.717, 1.165) is 12.8 Å². The molecule has 1 heterocycles. The first-order valence-corrected chi connectivity index (χ1v) is 5.00. The Balaban J connectivity index is 2.13.